The Labute approximate surface area is 96.4 Å². The van der Waals surface area contributed by atoms with E-state index in [-0.39, 0.29) is 23.8 Å². The zero-order chi connectivity index (χ0) is 12.3. The number of aliphatic carboxylic acids is 1. The molecular weight excluding hydrogens is 206 g/mol. The van der Waals surface area contributed by atoms with Gasteiger partial charge in [0, 0.05) is 12.0 Å². The lowest BCUT2D eigenvalue weighted by molar-refractivity contribution is -0.141. The van der Waals surface area contributed by atoms with Crippen LogP contribution in [0.15, 0.2) is 0 Å². The molecule has 0 heterocycles. The van der Waals surface area contributed by atoms with E-state index in [0.717, 1.165) is 6.42 Å². The van der Waals surface area contributed by atoms with Crippen LogP contribution in [0.5, 0.6) is 0 Å². The van der Waals surface area contributed by atoms with Crippen molar-refractivity contribution in [3.8, 4) is 0 Å². The average Bonchev–Trinajstić information content (AvgIpc) is 2.64. The smallest absolute Gasteiger partial charge is 0.306 e. The Morgan fingerprint density at radius 2 is 1.88 bits per heavy atom. The average molecular weight is 227 g/mol. The molecule has 1 unspecified atom stereocenters. The van der Waals surface area contributed by atoms with E-state index >= 15 is 0 Å². The van der Waals surface area contributed by atoms with Crippen molar-refractivity contribution < 1.29 is 14.7 Å². The van der Waals surface area contributed by atoms with E-state index in [0.29, 0.717) is 18.8 Å². The minimum absolute atomic E-state index is 0.0103. The number of carbonyl (C=O) groups excluding carboxylic acids is 1. The van der Waals surface area contributed by atoms with Crippen LogP contribution in [0.25, 0.3) is 0 Å². The summed E-state index contributed by atoms with van der Waals surface area (Å²) in [4.78, 5) is 22.5. The summed E-state index contributed by atoms with van der Waals surface area (Å²) in [6.07, 6.45) is 2.04. The molecule has 1 aliphatic carbocycles. The van der Waals surface area contributed by atoms with Gasteiger partial charge in [0.25, 0.3) is 0 Å². The second-order valence-electron chi connectivity index (χ2n) is 5.09. The van der Waals surface area contributed by atoms with E-state index in [4.69, 9.17) is 5.11 Å². The molecule has 1 amide bonds. The lowest BCUT2D eigenvalue weighted by Gasteiger charge is -2.19. The van der Waals surface area contributed by atoms with Crippen LogP contribution >= 0.6 is 0 Å². The van der Waals surface area contributed by atoms with Gasteiger partial charge < -0.3 is 10.4 Å². The van der Waals surface area contributed by atoms with Crippen molar-refractivity contribution in [3.05, 3.63) is 0 Å². The molecule has 0 spiro atoms. The first-order chi connectivity index (χ1) is 7.41. The fourth-order valence-corrected chi connectivity index (χ4v) is 1.97. The van der Waals surface area contributed by atoms with E-state index in [2.05, 4.69) is 5.32 Å². The number of carbonyl (C=O) groups is 2. The summed E-state index contributed by atoms with van der Waals surface area (Å²) in [5.41, 5.74) is 0. The van der Waals surface area contributed by atoms with Gasteiger partial charge in [-0.1, -0.05) is 20.8 Å². The molecule has 1 aliphatic rings. The summed E-state index contributed by atoms with van der Waals surface area (Å²) in [6.45, 7) is 5.93. The first-order valence-electron chi connectivity index (χ1n) is 5.95. The van der Waals surface area contributed by atoms with Gasteiger partial charge in [0.1, 0.15) is 0 Å². The molecule has 0 bridgehead atoms. The maximum Gasteiger partial charge on any atom is 0.306 e. The number of carboxylic acids is 1. The van der Waals surface area contributed by atoms with Crippen molar-refractivity contribution in [1.29, 1.82) is 0 Å². The molecule has 0 aliphatic heterocycles. The van der Waals surface area contributed by atoms with Crippen LogP contribution in [0.2, 0.25) is 0 Å². The van der Waals surface area contributed by atoms with Crippen LogP contribution in [0, 0.1) is 17.8 Å². The summed E-state index contributed by atoms with van der Waals surface area (Å²) in [5, 5.41) is 11.8. The highest BCUT2D eigenvalue weighted by Gasteiger charge is 2.31. The third-order valence-corrected chi connectivity index (χ3v) is 3.54. The van der Waals surface area contributed by atoms with E-state index in [1.54, 1.807) is 0 Å². The van der Waals surface area contributed by atoms with Crippen LogP contribution in [0.3, 0.4) is 0 Å². The summed E-state index contributed by atoms with van der Waals surface area (Å²) in [7, 11) is 0. The zero-order valence-electron chi connectivity index (χ0n) is 10.2. The first kappa shape index (κ1) is 13.0. The summed E-state index contributed by atoms with van der Waals surface area (Å²) < 4.78 is 0. The van der Waals surface area contributed by atoms with Gasteiger partial charge in [-0.3, -0.25) is 9.59 Å². The standard InChI is InChI=1S/C12H21NO3/c1-7(2)8(3)11(14)13-10-5-4-9(6-10)12(15)16/h7-10H,4-6H2,1-3H3,(H,13,14)(H,15,16)/t8?,9-,10+/m0/s1. The van der Waals surface area contributed by atoms with Gasteiger partial charge in [0.05, 0.1) is 5.92 Å². The van der Waals surface area contributed by atoms with Gasteiger partial charge >= 0.3 is 5.97 Å². The Kier molecular flexibility index (Phi) is 4.33. The number of hydrogen-bond acceptors (Lipinski definition) is 2. The largest absolute Gasteiger partial charge is 0.481 e. The maximum atomic E-state index is 11.8. The fraction of sp³-hybridized carbons (Fsp3) is 0.833. The van der Waals surface area contributed by atoms with Crippen LogP contribution < -0.4 is 5.32 Å². The monoisotopic (exact) mass is 227 g/mol. The van der Waals surface area contributed by atoms with Crippen molar-refractivity contribution in [2.24, 2.45) is 17.8 Å². The van der Waals surface area contributed by atoms with E-state index in [1.807, 2.05) is 20.8 Å². The number of carboxylic acid groups (broad SMARTS) is 1. The third kappa shape index (κ3) is 3.22. The SMILES string of the molecule is CC(C)C(C)C(=O)N[C@@H]1CC[C@H](C(=O)O)C1. The quantitative estimate of drug-likeness (QED) is 0.767. The van der Waals surface area contributed by atoms with Crippen LogP contribution in [0.1, 0.15) is 40.0 Å². The van der Waals surface area contributed by atoms with Crippen molar-refractivity contribution in [1.82, 2.24) is 5.32 Å². The Bertz CT molecular complexity index is 275. The van der Waals surface area contributed by atoms with Crippen molar-refractivity contribution >= 4 is 11.9 Å². The second kappa shape index (κ2) is 5.32. The van der Waals surface area contributed by atoms with E-state index in [1.165, 1.54) is 0 Å². The molecular formula is C12H21NO3. The first-order valence-corrected chi connectivity index (χ1v) is 5.95. The Morgan fingerprint density at radius 1 is 1.25 bits per heavy atom. The molecule has 92 valence electrons. The van der Waals surface area contributed by atoms with Gasteiger partial charge in [0.15, 0.2) is 0 Å². The highest BCUT2D eigenvalue weighted by molar-refractivity contribution is 5.79. The van der Waals surface area contributed by atoms with Gasteiger partial charge in [-0.2, -0.15) is 0 Å². The summed E-state index contributed by atoms with van der Waals surface area (Å²) >= 11 is 0. The molecule has 16 heavy (non-hydrogen) atoms. The highest BCUT2D eigenvalue weighted by atomic mass is 16.4. The molecule has 0 radical (unpaired) electrons. The molecule has 4 heteroatoms. The molecule has 3 atom stereocenters. The topological polar surface area (TPSA) is 66.4 Å². The van der Waals surface area contributed by atoms with Gasteiger partial charge in [0.2, 0.25) is 5.91 Å². The molecule has 0 aromatic carbocycles. The number of rotatable bonds is 4. The van der Waals surface area contributed by atoms with E-state index < -0.39 is 5.97 Å². The zero-order valence-corrected chi connectivity index (χ0v) is 10.2. The Balaban J connectivity index is 2.40. The molecule has 4 nitrogen and oxygen atoms in total. The predicted molar refractivity (Wildman–Crippen MR) is 60.9 cm³/mol. The van der Waals surface area contributed by atoms with Crippen LogP contribution in [-0.2, 0) is 9.59 Å². The van der Waals surface area contributed by atoms with Crippen molar-refractivity contribution in [2.45, 2.75) is 46.1 Å². The van der Waals surface area contributed by atoms with Gasteiger partial charge in [-0.05, 0) is 25.2 Å². The number of hydrogen-bond donors (Lipinski definition) is 2. The summed E-state index contributed by atoms with van der Waals surface area (Å²) in [6, 6.07) is 0.0507. The number of amides is 1. The van der Waals surface area contributed by atoms with Crippen LogP contribution in [-0.4, -0.2) is 23.0 Å². The molecule has 0 aromatic rings. The van der Waals surface area contributed by atoms with E-state index in [9.17, 15) is 9.59 Å². The van der Waals surface area contributed by atoms with Crippen LogP contribution in [0.4, 0.5) is 0 Å². The molecule has 0 aromatic heterocycles. The van der Waals surface area contributed by atoms with Crippen molar-refractivity contribution in [3.63, 3.8) is 0 Å². The lowest BCUT2D eigenvalue weighted by atomic mass is 9.97. The minimum atomic E-state index is -0.742. The molecule has 0 saturated heterocycles. The second-order valence-corrected chi connectivity index (χ2v) is 5.09. The third-order valence-electron chi connectivity index (χ3n) is 3.54. The Hall–Kier alpha value is -1.06. The van der Waals surface area contributed by atoms with Gasteiger partial charge in [-0.15, -0.1) is 0 Å². The molecule has 1 saturated carbocycles. The maximum absolute atomic E-state index is 11.8. The molecule has 1 fully saturated rings. The van der Waals surface area contributed by atoms with Crippen molar-refractivity contribution in [2.75, 3.05) is 0 Å². The summed E-state index contributed by atoms with van der Waals surface area (Å²) in [5.74, 6) is -0.667. The fourth-order valence-electron chi connectivity index (χ4n) is 1.97. The number of nitrogens with one attached hydrogen (secondary N) is 1. The predicted octanol–water partition coefficient (Wildman–Crippen LogP) is 1.65. The lowest BCUT2D eigenvalue weighted by Crippen LogP contribution is -2.38. The highest BCUT2D eigenvalue weighted by Crippen LogP contribution is 2.26. The molecule has 1 rings (SSSR count). The molecule has 2 N–H and O–H groups in total. The van der Waals surface area contributed by atoms with Gasteiger partial charge in [-0.25, -0.2) is 0 Å². The minimum Gasteiger partial charge on any atom is -0.481 e. The normalized spacial score (nSPS) is 26.8. The Morgan fingerprint density at radius 3 is 2.31 bits per heavy atom.